The molecule has 0 aromatic carbocycles. The van der Waals surface area contributed by atoms with Gasteiger partial charge in [-0.25, -0.2) is 0 Å². The van der Waals surface area contributed by atoms with Crippen molar-refractivity contribution < 1.29 is 0 Å². The molecule has 3 atom stereocenters. The summed E-state index contributed by atoms with van der Waals surface area (Å²) in [6.07, 6.45) is 9.58. The molecule has 0 spiro atoms. The molecule has 3 unspecified atom stereocenters. The van der Waals surface area contributed by atoms with Crippen molar-refractivity contribution in [3.05, 3.63) is 0 Å². The lowest BCUT2D eigenvalue weighted by Crippen LogP contribution is -2.49. The van der Waals surface area contributed by atoms with Gasteiger partial charge in [0.2, 0.25) is 0 Å². The molecule has 16 heavy (non-hydrogen) atoms. The number of rotatable bonds is 5. The SMILES string of the molecule is CCCC(CC)NC1CC2CCC(C1)N2C. The molecule has 0 radical (unpaired) electrons. The van der Waals surface area contributed by atoms with Crippen molar-refractivity contribution >= 4 is 0 Å². The molecule has 2 bridgehead atoms. The van der Waals surface area contributed by atoms with E-state index in [1.807, 2.05) is 0 Å². The fraction of sp³-hybridized carbons (Fsp3) is 1.00. The fourth-order valence-corrected chi connectivity index (χ4v) is 3.63. The highest BCUT2D eigenvalue weighted by Gasteiger charge is 2.38. The number of hydrogen-bond acceptors (Lipinski definition) is 2. The predicted octanol–water partition coefficient (Wildman–Crippen LogP) is 2.78. The summed E-state index contributed by atoms with van der Waals surface area (Å²) in [4.78, 5) is 2.62. The van der Waals surface area contributed by atoms with Gasteiger partial charge in [0.25, 0.3) is 0 Å². The number of nitrogens with zero attached hydrogens (tertiary/aromatic N) is 1. The molecule has 2 fully saturated rings. The Morgan fingerprint density at radius 2 is 1.81 bits per heavy atom. The molecular formula is C14H28N2. The van der Waals surface area contributed by atoms with Crippen molar-refractivity contribution in [2.45, 2.75) is 83.0 Å². The summed E-state index contributed by atoms with van der Waals surface area (Å²) in [5.74, 6) is 0. The number of fused-ring (bicyclic) bond motifs is 2. The van der Waals surface area contributed by atoms with Crippen LogP contribution in [0.4, 0.5) is 0 Å². The first kappa shape index (κ1) is 12.4. The second-order valence-corrected chi connectivity index (χ2v) is 5.78. The van der Waals surface area contributed by atoms with E-state index in [2.05, 4.69) is 31.1 Å². The smallest absolute Gasteiger partial charge is 0.0111 e. The molecule has 94 valence electrons. The summed E-state index contributed by atoms with van der Waals surface area (Å²) in [5, 5.41) is 3.90. The van der Waals surface area contributed by atoms with Gasteiger partial charge in [-0.3, -0.25) is 0 Å². The van der Waals surface area contributed by atoms with Crippen LogP contribution in [0, 0.1) is 0 Å². The fourth-order valence-electron chi connectivity index (χ4n) is 3.63. The highest BCUT2D eigenvalue weighted by molar-refractivity contribution is 4.96. The summed E-state index contributed by atoms with van der Waals surface area (Å²) in [5.41, 5.74) is 0. The maximum absolute atomic E-state index is 3.90. The standard InChI is InChI=1S/C14H28N2/c1-4-6-11(5-2)15-12-9-13-7-8-14(10-12)16(13)3/h11-15H,4-10H2,1-3H3. The van der Waals surface area contributed by atoms with Crippen LogP contribution >= 0.6 is 0 Å². The van der Waals surface area contributed by atoms with E-state index >= 15 is 0 Å². The molecule has 0 saturated carbocycles. The van der Waals surface area contributed by atoms with Crippen LogP contribution in [0.5, 0.6) is 0 Å². The van der Waals surface area contributed by atoms with Gasteiger partial charge >= 0.3 is 0 Å². The molecule has 2 nitrogen and oxygen atoms in total. The topological polar surface area (TPSA) is 15.3 Å². The Bertz CT molecular complexity index is 203. The average Bonchev–Trinajstić information content (AvgIpc) is 2.53. The van der Waals surface area contributed by atoms with Crippen molar-refractivity contribution in [2.24, 2.45) is 0 Å². The zero-order valence-electron chi connectivity index (χ0n) is 11.2. The second-order valence-electron chi connectivity index (χ2n) is 5.78. The van der Waals surface area contributed by atoms with E-state index < -0.39 is 0 Å². The quantitative estimate of drug-likeness (QED) is 0.772. The van der Waals surface area contributed by atoms with Gasteiger partial charge in [-0.2, -0.15) is 0 Å². The van der Waals surface area contributed by atoms with E-state index in [0.29, 0.717) is 0 Å². The normalized spacial score (nSPS) is 36.6. The van der Waals surface area contributed by atoms with Crippen LogP contribution in [0.2, 0.25) is 0 Å². The molecule has 2 saturated heterocycles. The largest absolute Gasteiger partial charge is 0.311 e. The Labute approximate surface area is 101 Å². The van der Waals surface area contributed by atoms with Gasteiger partial charge in [0.05, 0.1) is 0 Å². The van der Waals surface area contributed by atoms with E-state index in [4.69, 9.17) is 0 Å². The molecule has 2 rings (SSSR count). The van der Waals surface area contributed by atoms with E-state index in [1.165, 1.54) is 44.9 Å². The number of piperidine rings is 1. The van der Waals surface area contributed by atoms with Crippen LogP contribution in [-0.4, -0.2) is 36.1 Å². The number of nitrogens with one attached hydrogen (secondary N) is 1. The molecule has 1 N–H and O–H groups in total. The Kier molecular flexibility index (Phi) is 4.26. The van der Waals surface area contributed by atoms with E-state index in [0.717, 1.165) is 24.2 Å². The van der Waals surface area contributed by atoms with Gasteiger partial charge in [0.15, 0.2) is 0 Å². The van der Waals surface area contributed by atoms with E-state index in [9.17, 15) is 0 Å². The van der Waals surface area contributed by atoms with Gasteiger partial charge in [-0.15, -0.1) is 0 Å². The van der Waals surface area contributed by atoms with E-state index in [1.54, 1.807) is 0 Å². The summed E-state index contributed by atoms with van der Waals surface area (Å²) in [7, 11) is 2.32. The minimum atomic E-state index is 0.762. The third-order valence-electron chi connectivity index (χ3n) is 4.70. The number of hydrogen-bond donors (Lipinski definition) is 1. The summed E-state index contributed by atoms with van der Waals surface area (Å²) >= 11 is 0. The highest BCUT2D eigenvalue weighted by Crippen LogP contribution is 2.34. The van der Waals surface area contributed by atoms with E-state index in [-0.39, 0.29) is 0 Å². The molecule has 2 heteroatoms. The first-order chi connectivity index (χ1) is 7.74. The summed E-state index contributed by atoms with van der Waals surface area (Å²) < 4.78 is 0. The monoisotopic (exact) mass is 224 g/mol. The third kappa shape index (κ3) is 2.60. The van der Waals surface area contributed by atoms with Gasteiger partial charge in [-0.05, 0) is 45.6 Å². The van der Waals surface area contributed by atoms with Crippen molar-refractivity contribution in [1.82, 2.24) is 10.2 Å². The molecule has 0 aromatic rings. The Hall–Kier alpha value is -0.0800. The van der Waals surface area contributed by atoms with Gasteiger partial charge in [0.1, 0.15) is 0 Å². The molecule has 0 amide bonds. The van der Waals surface area contributed by atoms with Crippen LogP contribution in [0.25, 0.3) is 0 Å². The van der Waals surface area contributed by atoms with Crippen LogP contribution in [0.3, 0.4) is 0 Å². The molecule has 0 aliphatic carbocycles. The highest BCUT2D eigenvalue weighted by atomic mass is 15.2. The Morgan fingerprint density at radius 1 is 1.19 bits per heavy atom. The van der Waals surface area contributed by atoms with Crippen molar-refractivity contribution in [2.75, 3.05) is 7.05 Å². The minimum Gasteiger partial charge on any atom is -0.311 e. The summed E-state index contributed by atoms with van der Waals surface area (Å²) in [6.45, 7) is 4.61. The van der Waals surface area contributed by atoms with Gasteiger partial charge in [-0.1, -0.05) is 20.3 Å². The minimum absolute atomic E-state index is 0.762. The van der Waals surface area contributed by atoms with Crippen molar-refractivity contribution in [3.8, 4) is 0 Å². The average molecular weight is 224 g/mol. The Balaban J connectivity index is 1.83. The maximum Gasteiger partial charge on any atom is 0.0111 e. The molecule has 2 heterocycles. The molecular weight excluding hydrogens is 196 g/mol. The van der Waals surface area contributed by atoms with Gasteiger partial charge in [0, 0.05) is 24.2 Å². The van der Waals surface area contributed by atoms with Crippen LogP contribution in [0.1, 0.15) is 58.8 Å². The first-order valence-corrected chi connectivity index (χ1v) is 7.22. The first-order valence-electron chi connectivity index (χ1n) is 7.22. The van der Waals surface area contributed by atoms with Crippen LogP contribution < -0.4 is 5.32 Å². The lowest BCUT2D eigenvalue weighted by atomic mass is 9.96. The third-order valence-corrected chi connectivity index (χ3v) is 4.70. The van der Waals surface area contributed by atoms with Crippen LogP contribution in [-0.2, 0) is 0 Å². The van der Waals surface area contributed by atoms with Crippen molar-refractivity contribution in [3.63, 3.8) is 0 Å². The Morgan fingerprint density at radius 3 is 2.31 bits per heavy atom. The molecule has 2 aliphatic rings. The van der Waals surface area contributed by atoms with Crippen LogP contribution in [0.15, 0.2) is 0 Å². The van der Waals surface area contributed by atoms with Crippen molar-refractivity contribution in [1.29, 1.82) is 0 Å². The molecule has 0 aromatic heterocycles. The van der Waals surface area contributed by atoms with Gasteiger partial charge < -0.3 is 10.2 Å². The zero-order valence-corrected chi connectivity index (χ0v) is 11.2. The predicted molar refractivity (Wildman–Crippen MR) is 69.7 cm³/mol. The lowest BCUT2D eigenvalue weighted by molar-refractivity contribution is 0.141. The summed E-state index contributed by atoms with van der Waals surface area (Å²) in [6, 6.07) is 3.30. The lowest BCUT2D eigenvalue weighted by Gasteiger charge is -2.38. The second kappa shape index (κ2) is 5.50. The maximum atomic E-state index is 3.90. The zero-order chi connectivity index (χ0) is 11.5. The molecule has 2 aliphatic heterocycles.